The van der Waals surface area contributed by atoms with Gasteiger partial charge in [0.15, 0.2) is 0 Å². The second-order valence-electron chi connectivity index (χ2n) is 6.92. The number of halogens is 1. The molecule has 0 spiro atoms. The standard InChI is InChI=1S/C21H26BrNO/c1-16-12-18(21(15-23)10-6-3-7-11-21)13-19(22)20(16)24-14-17-8-4-2-5-9-17/h2,4-5,8-9,12-13H,3,6-7,10-11,14-15,23H2,1H3. The third kappa shape index (κ3) is 3.68. The molecule has 24 heavy (non-hydrogen) atoms. The maximum atomic E-state index is 6.20. The van der Waals surface area contributed by atoms with Gasteiger partial charge in [0, 0.05) is 12.0 Å². The summed E-state index contributed by atoms with van der Waals surface area (Å²) in [5.74, 6) is 0.936. The average molecular weight is 388 g/mol. The van der Waals surface area contributed by atoms with E-state index >= 15 is 0 Å². The summed E-state index contributed by atoms with van der Waals surface area (Å²) in [4.78, 5) is 0. The van der Waals surface area contributed by atoms with Crippen LogP contribution >= 0.6 is 15.9 Å². The van der Waals surface area contributed by atoms with Gasteiger partial charge in [-0.05, 0) is 58.5 Å². The van der Waals surface area contributed by atoms with Crippen molar-refractivity contribution in [3.63, 3.8) is 0 Å². The van der Waals surface area contributed by atoms with E-state index in [1.54, 1.807) is 0 Å². The van der Waals surface area contributed by atoms with Gasteiger partial charge in [-0.25, -0.2) is 0 Å². The van der Waals surface area contributed by atoms with Gasteiger partial charge in [-0.1, -0.05) is 55.7 Å². The zero-order chi connectivity index (χ0) is 17.0. The van der Waals surface area contributed by atoms with E-state index in [0.29, 0.717) is 6.61 Å². The highest BCUT2D eigenvalue weighted by Gasteiger charge is 2.33. The number of benzene rings is 2. The van der Waals surface area contributed by atoms with Crippen LogP contribution in [0.25, 0.3) is 0 Å². The lowest BCUT2D eigenvalue weighted by atomic mass is 9.69. The molecule has 2 aromatic carbocycles. The number of hydrogen-bond donors (Lipinski definition) is 1. The smallest absolute Gasteiger partial charge is 0.136 e. The van der Waals surface area contributed by atoms with Crippen molar-refractivity contribution in [2.75, 3.05) is 6.54 Å². The van der Waals surface area contributed by atoms with Crippen molar-refractivity contribution < 1.29 is 4.74 Å². The second kappa shape index (κ2) is 7.71. The zero-order valence-corrected chi connectivity index (χ0v) is 15.9. The van der Waals surface area contributed by atoms with Crippen LogP contribution in [-0.2, 0) is 12.0 Å². The van der Waals surface area contributed by atoms with Crippen molar-refractivity contribution in [1.29, 1.82) is 0 Å². The molecular weight excluding hydrogens is 362 g/mol. The number of aryl methyl sites for hydroxylation is 1. The van der Waals surface area contributed by atoms with Crippen LogP contribution in [0.3, 0.4) is 0 Å². The molecule has 1 fully saturated rings. The molecule has 0 amide bonds. The quantitative estimate of drug-likeness (QED) is 0.734. The first kappa shape index (κ1) is 17.5. The molecule has 1 aliphatic rings. The highest BCUT2D eigenvalue weighted by molar-refractivity contribution is 9.10. The fraction of sp³-hybridized carbons (Fsp3) is 0.429. The van der Waals surface area contributed by atoms with Gasteiger partial charge in [0.2, 0.25) is 0 Å². The maximum absolute atomic E-state index is 6.20. The molecule has 0 aliphatic heterocycles. The van der Waals surface area contributed by atoms with Gasteiger partial charge in [0.1, 0.15) is 12.4 Å². The summed E-state index contributed by atoms with van der Waals surface area (Å²) in [6.07, 6.45) is 6.28. The Labute approximate surface area is 153 Å². The van der Waals surface area contributed by atoms with E-state index in [1.165, 1.54) is 48.8 Å². The number of hydrogen-bond acceptors (Lipinski definition) is 2. The molecule has 3 heteroatoms. The first-order valence-corrected chi connectivity index (χ1v) is 9.61. The topological polar surface area (TPSA) is 35.2 Å². The van der Waals surface area contributed by atoms with Gasteiger partial charge in [0.25, 0.3) is 0 Å². The molecule has 2 N–H and O–H groups in total. The predicted octanol–water partition coefficient (Wildman–Crippen LogP) is 5.50. The minimum Gasteiger partial charge on any atom is -0.487 e. The SMILES string of the molecule is Cc1cc(C2(CN)CCCCC2)cc(Br)c1OCc1ccccc1. The molecule has 1 saturated carbocycles. The highest BCUT2D eigenvalue weighted by atomic mass is 79.9. The molecule has 2 aromatic rings. The molecule has 0 radical (unpaired) electrons. The van der Waals surface area contributed by atoms with Crippen LogP contribution in [0.5, 0.6) is 5.75 Å². The van der Waals surface area contributed by atoms with E-state index in [9.17, 15) is 0 Å². The summed E-state index contributed by atoms with van der Waals surface area (Å²) in [5.41, 5.74) is 10.1. The number of rotatable bonds is 5. The number of nitrogens with two attached hydrogens (primary N) is 1. The van der Waals surface area contributed by atoms with Crippen LogP contribution in [0.1, 0.15) is 48.8 Å². The molecule has 1 aliphatic carbocycles. The minimum atomic E-state index is 0.142. The third-order valence-electron chi connectivity index (χ3n) is 5.27. The largest absolute Gasteiger partial charge is 0.487 e. The van der Waals surface area contributed by atoms with Gasteiger partial charge in [-0.15, -0.1) is 0 Å². The van der Waals surface area contributed by atoms with E-state index in [2.05, 4.69) is 47.1 Å². The molecule has 0 unspecified atom stereocenters. The Bertz CT molecular complexity index is 654. The van der Waals surface area contributed by atoms with E-state index in [-0.39, 0.29) is 5.41 Å². The third-order valence-corrected chi connectivity index (χ3v) is 5.86. The van der Waals surface area contributed by atoms with Crippen molar-refractivity contribution in [3.8, 4) is 5.75 Å². The fourth-order valence-electron chi connectivity index (χ4n) is 3.79. The lowest BCUT2D eigenvalue weighted by Crippen LogP contribution is -2.37. The second-order valence-corrected chi connectivity index (χ2v) is 7.78. The average Bonchev–Trinajstić information content (AvgIpc) is 2.62. The normalized spacial score (nSPS) is 16.8. The van der Waals surface area contributed by atoms with Crippen molar-refractivity contribution in [2.24, 2.45) is 5.73 Å². The molecule has 0 aromatic heterocycles. The van der Waals surface area contributed by atoms with Crippen LogP contribution in [0.2, 0.25) is 0 Å². The van der Waals surface area contributed by atoms with Gasteiger partial charge in [-0.2, -0.15) is 0 Å². The Morgan fingerprint density at radius 1 is 1.08 bits per heavy atom. The minimum absolute atomic E-state index is 0.142. The lowest BCUT2D eigenvalue weighted by Gasteiger charge is -2.37. The van der Waals surface area contributed by atoms with Crippen LogP contribution < -0.4 is 10.5 Å². The van der Waals surface area contributed by atoms with Crippen LogP contribution in [0.4, 0.5) is 0 Å². The molecule has 0 atom stereocenters. The van der Waals surface area contributed by atoms with Crippen molar-refractivity contribution in [1.82, 2.24) is 0 Å². The van der Waals surface area contributed by atoms with Crippen molar-refractivity contribution >= 4 is 15.9 Å². The van der Waals surface area contributed by atoms with Gasteiger partial charge in [-0.3, -0.25) is 0 Å². The molecule has 3 rings (SSSR count). The Morgan fingerprint density at radius 3 is 2.42 bits per heavy atom. The van der Waals surface area contributed by atoms with Crippen LogP contribution in [-0.4, -0.2) is 6.54 Å². The molecule has 128 valence electrons. The molecule has 0 bridgehead atoms. The van der Waals surface area contributed by atoms with E-state index in [0.717, 1.165) is 16.8 Å². The fourth-order valence-corrected chi connectivity index (χ4v) is 4.46. The first-order valence-electron chi connectivity index (χ1n) is 8.82. The first-order chi connectivity index (χ1) is 11.6. The Balaban J connectivity index is 1.83. The van der Waals surface area contributed by atoms with Crippen molar-refractivity contribution in [2.45, 2.75) is 51.0 Å². The van der Waals surface area contributed by atoms with Gasteiger partial charge < -0.3 is 10.5 Å². The molecular formula is C21H26BrNO. The Kier molecular flexibility index (Phi) is 5.62. The zero-order valence-electron chi connectivity index (χ0n) is 14.4. The summed E-state index contributed by atoms with van der Waals surface area (Å²) in [6, 6.07) is 14.8. The highest BCUT2D eigenvalue weighted by Crippen LogP contribution is 2.42. The Hall–Kier alpha value is -1.32. The van der Waals surface area contributed by atoms with Gasteiger partial charge >= 0.3 is 0 Å². The molecule has 2 nitrogen and oxygen atoms in total. The van der Waals surface area contributed by atoms with Crippen LogP contribution in [0, 0.1) is 6.92 Å². The van der Waals surface area contributed by atoms with E-state index in [4.69, 9.17) is 10.5 Å². The monoisotopic (exact) mass is 387 g/mol. The van der Waals surface area contributed by atoms with Crippen molar-refractivity contribution in [3.05, 3.63) is 63.6 Å². The summed E-state index contributed by atoms with van der Waals surface area (Å²) >= 11 is 3.73. The summed E-state index contributed by atoms with van der Waals surface area (Å²) < 4.78 is 7.12. The molecule has 0 saturated heterocycles. The summed E-state index contributed by atoms with van der Waals surface area (Å²) in [6.45, 7) is 3.44. The van der Waals surface area contributed by atoms with Crippen LogP contribution in [0.15, 0.2) is 46.9 Å². The molecule has 0 heterocycles. The lowest BCUT2D eigenvalue weighted by molar-refractivity contribution is 0.294. The summed E-state index contributed by atoms with van der Waals surface area (Å²) in [7, 11) is 0. The number of ether oxygens (including phenoxy) is 1. The maximum Gasteiger partial charge on any atom is 0.136 e. The van der Waals surface area contributed by atoms with E-state index in [1.807, 2.05) is 18.2 Å². The summed E-state index contributed by atoms with van der Waals surface area (Å²) in [5, 5.41) is 0. The van der Waals surface area contributed by atoms with Gasteiger partial charge in [0.05, 0.1) is 4.47 Å². The predicted molar refractivity (Wildman–Crippen MR) is 103 cm³/mol. The Morgan fingerprint density at radius 2 is 1.79 bits per heavy atom. The van der Waals surface area contributed by atoms with E-state index < -0.39 is 0 Å².